The first-order valence-corrected chi connectivity index (χ1v) is 10.3. The molecule has 1 aliphatic carbocycles. The van der Waals surface area contributed by atoms with E-state index < -0.39 is 5.41 Å². The van der Waals surface area contributed by atoms with Gasteiger partial charge in [-0.15, -0.1) is 0 Å². The zero-order valence-corrected chi connectivity index (χ0v) is 17.9. The van der Waals surface area contributed by atoms with Gasteiger partial charge in [0.25, 0.3) is 0 Å². The number of ketones is 1. The van der Waals surface area contributed by atoms with E-state index in [1.54, 1.807) is 7.11 Å². The molecule has 0 saturated heterocycles. The van der Waals surface area contributed by atoms with Crippen LogP contribution >= 0.6 is 0 Å². The standard InChI is InChI=1S/C24H31NO4/c1-17-14-21(19(3)25(17)18(2)15-28-4)22(26)16-29-23(27)24(12-8-9-13-24)20-10-6-5-7-11-20/h5-7,10-11,14,18H,8-9,12-13,15-16H2,1-4H3/t18-/m1/s1. The molecule has 5 nitrogen and oxygen atoms in total. The van der Waals surface area contributed by atoms with E-state index in [2.05, 4.69) is 11.5 Å². The lowest BCUT2D eigenvalue weighted by Gasteiger charge is -2.27. The number of methoxy groups -OCH3 is 1. The fourth-order valence-corrected chi connectivity index (χ4v) is 4.75. The maximum atomic E-state index is 13.1. The Labute approximate surface area is 173 Å². The van der Waals surface area contributed by atoms with Crippen LogP contribution in [-0.2, 0) is 19.7 Å². The summed E-state index contributed by atoms with van der Waals surface area (Å²) in [5.74, 6) is -0.445. The Kier molecular flexibility index (Phi) is 6.58. The molecule has 29 heavy (non-hydrogen) atoms. The smallest absolute Gasteiger partial charge is 0.317 e. The highest BCUT2D eigenvalue weighted by Gasteiger charge is 2.44. The molecule has 156 valence electrons. The molecule has 1 saturated carbocycles. The van der Waals surface area contributed by atoms with Gasteiger partial charge in [-0.2, -0.15) is 0 Å². The second kappa shape index (κ2) is 8.95. The Balaban J connectivity index is 1.74. The SMILES string of the molecule is COC[C@@H](C)n1c(C)cc(C(=O)COC(=O)C2(c3ccccc3)CCCC2)c1C. The van der Waals surface area contributed by atoms with Crippen molar-refractivity contribution >= 4 is 11.8 Å². The van der Waals surface area contributed by atoms with Gasteiger partial charge in [-0.1, -0.05) is 43.2 Å². The molecule has 2 aromatic rings. The van der Waals surface area contributed by atoms with Crippen LogP contribution in [0.3, 0.4) is 0 Å². The van der Waals surface area contributed by atoms with E-state index in [1.165, 1.54) is 0 Å². The average Bonchev–Trinajstić information content (AvgIpc) is 3.32. The molecular weight excluding hydrogens is 366 g/mol. The summed E-state index contributed by atoms with van der Waals surface area (Å²) in [5, 5.41) is 0. The fraction of sp³-hybridized carbons (Fsp3) is 0.500. The number of aryl methyl sites for hydroxylation is 1. The topological polar surface area (TPSA) is 57.5 Å². The number of rotatable bonds is 8. The monoisotopic (exact) mass is 397 g/mol. The van der Waals surface area contributed by atoms with Crippen LogP contribution < -0.4 is 0 Å². The van der Waals surface area contributed by atoms with E-state index in [0.717, 1.165) is 42.6 Å². The van der Waals surface area contributed by atoms with E-state index in [-0.39, 0.29) is 24.4 Å². The van der Waals surface area contributed by atoms with Crippen LogP contribution in [0.15, 0.2) is 36.4 Å². The molecule has 0 radical (unpaired) electrons. The second-order valence-corrected chi connectivity index (χ2v) is 8.11. The average molecular weight is 398 g/mol. The highest BCUT2D eigenvalue weighted by Crippen LogP contribution is 2.42. The number of nitrogens with zero attached hydrogens (tertiary/aromatic N) is 1. The summed E-state index contributed by atoms with van der Waals surface area (Å²) in [6.07, 6.45) is 3.53. The molecule has 1 aromatic heterocycles. The van der Waals surface area contributed by atoms with Crippen LogP contribution in [0.1, 0.15) is 66.0 Å². The molecule has 1 heterocycles. The molecular formula is C24H31NO4. The molecule has 0 aliphatic heterocycles. The minimum atomic E-state index is -0.620. The van der Waals surface area contributed by atoms with E-state index in [0.29, 0.717) is 12.2 Å². The van der Waals surface area contributed by atoms with E-state index in [9.17, 15) is 9.59 Å². The van der Waals surface area contributed by atoms with Crippen molar-refractivity contribution < 1.29 is 19.1 Å². The minimum absolute atomic E-state index is 0.129. The third-order valence-corrected chi connectivity index (χ3v) is 6.14. The third-order valence-electron chi connectivity index (χ3n) is 6.14. The van der Waals surface area contributed by atoms with E-state index in [1.807, 2.05) is 50.2 Å². The highest BCUT2D eigenvalue weighted by molar-refractivity contribution is 5.99. The predicted molar refractivity (Wildman–Crippen MR) is 112 cm³/mol. The van der Waals surface area contributed by atoms with E-state index >= 15 is 0 Å². The van der Waals surface area contributed by atoms with Crippen LogP contribution in [0.4, 0.5) is 0 Å². The molecule has 1 aliphatic rings. The second-order valence-electron chi connectivity index (χ2n) is 8.11. The van der Waals surface area contributed by atoms with Crippen LogP contribution in [0, 0.1) is 13.8 Å². The minimum Gasteiger partial charge on any atom is -0.457 e. The Bertz CT molecular complexity index is 863. The first-order chi connectivity index (χ1) is 13.9. The summed E-state index contributed by atoms with van der Waals surface area (Å²) in [6.45, 7) is 6.30. The molecule has 0 unspecified atom stereocenters. The molecule has 0 spiro atoms. The van der Waals surface area contributed by atoms with Crippen molar-refractivity contribution in [1.29, 1.82) is 0 Å². The third kappa shape index (κ3) is 4.15. The first-order valence-electron chi connectivity index (χ1n) is 10.3. The van der Waals surface area contributed by atoms with Crippen LogP contribution in [0.5, 0.6) is 0 Å². The fourth-order valence-electron chi connectivity index (χ4n) is 4.75. The van der Waals surface area contributed by atoms with Gasteiger partial charge in [0.15, 0.2) is 6.61 Å². The number of aromatic nitrogens is 1. The van der Waals surface area contributed by atoms with Gasteiger partial charge in [0.2, 0.25) is 5.78 Å². The zero-order chi connectivity index (χ0) is 21.0. The number of hydrogen-bond donors (Lipinski definition) is 0. The maximum absolute atomic E-state index is 13.1. The van der Waals surface area contributed by atoms with Crippen molar-refractivity contribution in [3.63, 3.8) is 0 Å². The van der Waals surface area contributed by atoms with Gasteiger partial charge in [0.05, 0.1) is 18.1 Å². The number of carbonyl (C=O) groups is 2. The van der Waals surface area contributed by atoms with Gasteiger partial charge >= 0.3 is 5.97 Å². The highest BCUT2D eigenvalue weighted by atomic mass is 16.5. The normalized spacial score (nSPS) is 16.6. The lowest BCUT2D eigenvalue weighted by Crippen LogP contribution is -2.35. The molecule has 1 atom stereocenters. The summed E-state index contributed by atoms with van der Waals surface area (Å²) in [6, 6.07) is 11.8. The Morgan fingerprint density at radius 3 is 2.41 bits per heavy atom. The Morgan fingerprint density at radius 1 is 1.14 bits per heavy atom. The van der Waals surface area contributed by atoms with Gasteiger partial charge in [-0.25, -0.2) is 0 Å². The number of carbonyl (C=O) groups excluding carboxylic acids is 2. The van der Waals surface area contributed by atoms with Crippen molar-refractivity contribution in [2.24, 2.45) is 0 Å². The Morgan fingerprint density at radius 2 is 1.79 bits per heavy atom. The van der Waals surface area contributed by atoms with Crippen molar-refractivity contribution in [2.45, 2.75) is 57.9 Å². The van der Waals surface area contributed by atoms with Gasteiger partial charge in [0, 0.05) is 24.1 Å². The van der Waals surface area contributed by atoms with Gasteiger partial charge < -0.3 is 14.0 Å². The number of esters is 1. The largest absolute Gasteiger partial charge is 0.457 e. The maximum Gasteiger partial charge on any atom is 0.317 e. The molecule has 0 amide bonds. The summed E-state index contributed by atoms with van der Waals surface area (Å²) in [5.41, 5.74) is 2.86. The molecule has 0 N–H and O–H groups in total. The van der Waals surface area contributed by atoms with Gasteiger partial charge in [0.1, 0.15) is 0 Å². The quantitative estimate of drug-likeness (QED) is 0.484. The van der Waals surface area contributed by atoms with Crippen molar-refractivity contribution in [2.75, 3.05) is 20.3 Å². The lowest BCUT2D eigenvalue weighted by molar-refractivity contribution is -0.149. The van der Waals surface area contributed by atoms with Crippen molar-refractivity contribution in [3.8, 4) is 0 Å². The molecule has 1 aromatic carbocycles. The molecule has 3 rings (SSSR count). The first kappa shape index (κ1) is 21.3. The lowest BCUT2D eigenvalue weighted by atomic mass is 9.79. The zero-order valence-electron chi connectivity index (χ0n) is 17.9. The van der Waals surface area contributed by atoms with Crippen LogP contribution in [0.25, 0.3) is 0 Å². The predicted octanol–water partition coefficient (Wildman–Crippen LogP) is 4.55. The van der Waals surface area contributed by atoms with Crippen LogP contribution in [0.2, 0.25) is 0 Å². The molecule has 0 bridgehead atoms. The van der Waals surface area contributed by atoms with Crippen molar-refractivity contribution in [1.82, 2.24) is 4.57 Å². The summed E-state index contributed by atoms with van der Waals surface area (Å²) < 4.78 is 12.9. The van der Waals surface area contributed by atoms with Crippen molar-refractivity contribution in [3.05, 3.63) is 58.9 Å². The number of Topliss-reactive ketones (excluding diaryl/α,β-unsaturated/α-hetero) is 1. The van der Waals surface area contributed by atoms with E-state index in [4.69, 9.17) is 9.47 Å². The van der Waals surface area contributed by atoms with Crippen LogP contribution in [-0.4, -0.2) is 36.6 Å². The Hall–Kier alpha value is -2.40. The number of ether oxygens (including phenoxy) is 2. The number of benzene rings is 1. The van der Waals surface area contributed by atoms with Gasteiger partial charge in [-0.3, -0.25) is 9.59 Å². The summed E-state index contributed by atoms with van der Waals surface area (Å²) in [7, 11) is 1.67. The van der Waals surface area contributed by atoms with Gasteiger partial charge in [-0.05, 0) is 45.2 Å². The number of hydrogen-bond acceptors (Lipinski definition) is 4. The summed E-state index contributed by atoms with van der Waals surface area (Å²) >= 11 is 0. The molecule has 1 fully saturated rings. The summed E-state index contributed by atoms with van der Waals surface area (Å²) in [4.78, 5) is 25.9. The molecule has 5 heteroatoms.